The zero-order valence-electron chi connectivity index (χ0n) is 34.0. The second-order valence-corrected chi connectivity index (χ2v) is 15.0. The Morgan fingerprint density at radius 1 is 0.764 bits per heavy atom. The molecule has 0 aromatic carbocycles. The number of phosphoric acid groups is 1. The first-order chi connectivity index (χ1) is 26.5. The van der Waals surface area contributed by atoms with Gasteiger partial charge in [-0.05, 0) is 82.8 Å². The summed E-state index contributed by atoms with van der Waals surface area (Å²) < 4.78 is 38.8. The van der Waals surface area contributed by atoms with E-state index in [4.69, 9.17) is 28.7 Å². The molecule has 1 aromatic heterocycles. The zero-order valence-corrected chi connectivity index (χ0v) is 34.9. The van der Waals surface area contributed by atoms with Crippen molar-refractivity contribution in [1.29, 1.82) is 0 Å². The summed E-state index contributed by atoms with van der Waals surface area (Å²) in [6.45, 7) is 7.44. The SMILES string of the molecule is CCCc1oc(CCCCCCCCC(=O)O[C@H](COC(=O)CCC/C=C\C/C=C\C/C=C\C/C=C\C=C\[C@@H](O)CC)COP(=O)(O)OCCN)c(C)c1C. The second-order valence-electron chi connectivity index (χ2n) is 13.6. The van der Waals surface area contributed by atoms with Crippen LogP contribution < -0.4 is 5.73 Å². The van der Waals surface area contributed by atoms with Gasteiger partial charge < -0.3 is 29.6 Å². The number of carbonyl (C=O) groups excluding carboxylic acids is 2. The number of aliphatic hydroxyl groups excluding tert-OH is 1. The number of rotatable bonds is 33. The first kappa shape index (κ1) is 50.0. The molecule has 55 heavy (non-hydrogen) atoms. The van der Waals surface area contributed by atoms with Gasteiger partial charge in [-0.25, -0.2) is 4.57 Å². The highest BCUT2D eigenvalue weighted by Crippen LogP contribution is 2.43. The fourth-order valence-electron chi connectivity index (χ4n) is 5.37. The van der Waals surface area contributed by atoms with Gasteiger partial charge in [0.15, 0.2) is 6.10 Å². The van der Waals surface area contributed by atoms with Gasteiger partial charge in [-0.15, -0.1) is 0 Å². The number of furan rings is 1. The lowest BCUT2D eigenvalue weighted by Crippen LogP contribution is -2.29. The summed E-state index contributed by atoms with van der Waals surface area (Å²) in [5.41, 5.74) is 7.89. The molecule has 0 spiro atoms. The van der Waals surface area contributed by atoms with Crippen molar-refractivity contribution in [3.8, 4) is 0 Å². The van der Waals surface area contributed by atoms with Gasteiger partial charge in [0.1, 0.15) is 18.1 Å². The lowest BCUT2D eigenvalue weighted by molar-refractivity contribution is -0.161. The van der Waals surface area contributed by atoms with E-state index >= 15 is 0 Å². The van der Waals surface area contributed by atoms with E-state index in [1.165, 1.54) is 11.1 Å². The number of ether oxygens (including phenoxy) is 2. The van der Waals surface area contributed by atoms with Crippen molar-refractivity contribution in [3.05, 3.63) is 83.4 Å². The van der Waals surface area contributed by atoms with E-state index in [1.54, 1.807) is 6.08 Å². The molecule has 3 atom stereocenters. The molecule has 0 aliphatic carbocycles. The number of hydrogen-bond acceptors (Lipinski definition) is 10. The Balaban J connectivity index is 2.34. The fourth-order valence-corrected chi connectivity index (χ4v) is 6.14. The Hall–Kier alpha value is -3.05. The molecule has 1 unspecified atom stereocenters. The maximum absolute atomic E-state index is 12.6. The van der Waals surface area contributed by atoms with Crippen molar-refractivity contribution in [2.75, 3.05) is 26.4 Å². The van der Waals surface area contributed by atoms with E-state index in [0.717, 1.165) is 82.1 Å². The van der Waals surface area contributed by atoms with E-state index < -0.39 is 32.5 Å². The van der Waals surface area contributed by atoms with Crippen molar-refractivity contribution in [1.82, 2.24) is 0 Å². The molecule has 0 fully saturated rings. The van der Waals surface area contributed by atoms with Crippen molar-refractivity contribution >= 4 is 19.8 Å². The molecule has 11 nitrogen and oxygen atoms in total. The van der Waals surface area contributed by atoms with Gasteiger partial charge in [-0.2, -0.15) is 0 Å². The van der Waals surface area contributed by atoms with E-state index in [9.17, 15) is 24.2 Å². The lowest BCUT2D eigenvalue weighted by atomic mass is 10.0. The van der Waals surface area contributed by atoms with Gasteiger partial charge in [0, 0.05) is 32.2 Å². The molecule has 0 radical (unpaired) electrons. The van der Waals surface area contributed by atoms with Crippen molar-refractivity contribution < 1.29 is 47.1 Å². The van der Waals surface area contributed by atoms with Crippen molar-refractivity contribution in [2.24, 2.45) is 5.73 Å². The normalized spacial score (nSPS) is 14.5. The summed E-state index contributed by atoms with van der Waals surface area (Å²) >= 11 is 0. The quantitative estimate of drug-likeness (QED) is 0.0204. The van der Waals surface area contributed by atoms with Crippen LogP contribution in [0.5, 0.6) is 0 Å². The van der Waals surface area contributed by atoms with Gasteiger partial charge in [0.25, 0.3) is 0 Å². The summed E-state index contributed by atoms with van der Waals surface area (Å²) in [5, 5.41) is 9.47. The Kier molecular flexibility index (Phi) is 29.1. The minimum absolute atomic E-state index is 0.0289. The number of nitrogens with two attached hydrogens (primary N) is 1. The molecule has 0 aliphatic heterocycles. The minimum atomic E-state index is -4.41. The van der Waals surface area contributed by atoms with E-state index in [0.29, 0.717) is 25.7 Å². The molecule has 0 amide bonds. The summed E-state index contributed by atoms with van der Waals surface area (Å²) in [6.07, 6.45) is 32.2. The largest absolute Gasteiger partial charge is 0.472 e. The van der Waals surface area contributed by atoms with E-state index in [-0.39, 0.29) is 38.7 Å². The molecule has 0 saturated heterocycles. The first-order valence-corrected chi connectivity index (χ1v) is 21.7. The van der Waals surface area contributed by atoms with Crippen LogP contribution in [0.25, 0.3) is 0 Å². The number of hydrogen-bond donors (Lipinski definition) is 3. The topological polar surface area (TPSA) is 168 Å². The predicted molar refractivity (Wildman–Crippen MR) is 220 cm³/mol. The molecule has 312 valence electrons. The zero-order chi connectivity index (χ0) is 40.6. The number of phosphoric ester groups is 1. The Morgan fingerprint density at radius 2 is 1.36 bits per heavy atom. The number of esters is 2. The average molecular weight is 792 g/mol. The van der Waals surface area contributed by atoms with Crippen LogP contribution >= 0.6 is 7.82 Å². The van der Waals surface area contributed by atoms with Crippen molar-refractivity contribution in [3.63, 3.8) is 0 Å². The van der Waals surface area contributed by atoms with Gasteiger partial charge in [-0.3, -0.25) is 18.6 Å². The highest BCUT2D eigenvalue weighted by molar-refractivity contribution is 7.47. The third kappa shape index (κ3) is 26.4. The fraction of sp³-hybridized carbons (Fsp3) is 0.628. The Labute approximate surface area is 330 Å². The van der Waals surface area contributed by atoms with Gasteiger partial charge in [0.05, 0.1) is 19.3 Å². The highest BCUT2D eigenvalue weighted by Gasteiger charge is 2.26. The Bertz CT molecular complexity index is 1380. The first-order valence-electron chi connectivity index (χ1n) is 20.2. The monoisotopic (exact) mass is 791 g/mol. The predicted octanol–water partition coefficient (Wildman–Crippen LogP) is 9.56. The molecule has 0 aliphatic rings. The minimum Gasteiger partial charge on any atom is -0.466 e. The maximum Gasteiger partial charge on any atom is 0.472 e. The van der Waals surface area contributed by atoms with Crippen LogP contribution in [0.1, 0.15) is 133 Å². The molecule has 0 saturated carbocycles. The highest BCUT2D eigenvalue weighted by atomic mass is 31.2. The molecule has 1 heterocycles. The van der Waals surface area contributed by atoms with E-state index in [2.05, 4.69) is 45.1 Å². The summed E-state index contributed by atoms with van der Waals surface area (Å²) in [6, 6.07) is 0. The molecule has 12 heteroatoms. The number of aryl methyl sites for hydroxylation is 2. The van der Waals surface area contributed by atoms with Crippen molar-refractivity contribution in [2.45, 2.75) is 149 Å². The lowest BCUT2D eigenvalue weighted by Gasteiger charge is -2.19. The smallest absolute Gasteiger partial charge is 0.466 e. The van der Waals surface area contributed by atoms with Crippen LogP contribution in [-0.2, 0) is 45.5 Å². The summed E-state index contributed by atoms with van der Waals surface area (Å²) in [7, 11) is -4.41. The number of allylic oxidation sites excluding steroid dienone is 9. The van der Waals surface area contributed by atoms with Crippen LogP contribution in [0.3, 0.4) is 0 Å². The molecule has 0 bridgehead atoms. The molecular formula is C43H70NO10P. The van der Waals surface area contributed by atoms with Crippen LogP contribution in [-0.4, -0.2) is 60.5 Å². The number of carbonyl (C=O) groups is 2. The summed E-state index contributed by atoms with van der Waals surface area (Å²) in [4.78, 5) is 34.9. The van der Waals surface area contributed by atoms with Crippen LogP contribution in [0.2, 0.25) is 0 Å². The Morgan fingerprint density at radius 3 is 2.02 bits per heavy atom. The summed E-state index contributed by atoms with van der Waals surface area (Å²) in [5.74, 6) is 1.25. The maximum atomic E-state index is 12.6. The molecule has 4 N–H and O–H groups in total. The molecule has 1 rings (SSSR count). The van der Waals surface area contributed by atoms with Crippen LogP contribution in [0, 0.1) is 13.8 Å². The molecular weight excluding hydrogens is 721 g/mol. The average Bonchev–Trinajstić information content (AvgIpc) is 3.43. The third-order valence-corrected chi connectivity index (χ3v) is 9.73. The van der Waals surface area contributed by atoms with Crippen LogP contribution in [0.4, 0.5) is 0 Å². The number of unbranched alkanes of at least 4 members (excludes halogenated alkanes) is 6. The number of aliphatic hydroxyl groups is 1. The molecule has 1 aromatic rings. The third-order valence-electron chi connectivity index (χ3n) is 8.75. The van der Waals surface area contributed by atoms with Crippen LogP contribution in [0.15, 0.2) is 65.2 Å². The standard InChI is InChI=1S/C43H70NO10P/c1-5-27-40-36(3)37(4)41(54-40)29-24-20-17-18-22-26-31-43(47)53-39(35-52-55(48,49)51-33-32-44)34-50-42(46)30-25-21-16-14-12-10-8-7-9-11-13-15-19-23-28-38(45)6-2/h8-11,14-16,19,23,28,38-39,45H,5-7,12-13,17-18,20-22,24-27,29-35,44H2,1-4H3,(H,48,49)/b10-8-,11-9-,16-14-,19-15-,28-23+/t38-,39+/m0/s1. The second kappa shape index (κ2) is 32.1. The van der Waals surface area contributed by atoms with Gasteiger partial charge in [-0.1, -0.05) is 100 Å². The van der Waals surface area contributed by atoms with E-state index in [1.807, 2.05) is 37.3 Å². The van der Waals surface area contributed by atoms with Gasteiger partial charge in [0.2, 0.25) is 0 Å². The van der Waals surface area contributed by atoms with Gasteiger partial charge >= 0.3 is 19.8 Å².